The van der Waals surface area contributed by atoms with Crippen LogP contribution in [0.1, 0.15) is 30.9 Å². The summed E-state index contributed by atoms with van der Waals surface area (Å²) in [6, 6.07) is 3.90. The number of carbonyl (C=O) groups excluding carboxylic acids is 1. The van der Waals surface area contributed by atoms with E-state index in [1.807, 2.05) is 13.8 Å². The first kappa shape index (κ1) is 14.0. The van der Waals surface area contributed by atoms with Crippen LogP contribution in [-0.4, -0.2) is 24.0 Å². The van der Waals surface area contributed by atoms with Gasteiger partial charge in [-0.2, -0.15) is 5.26 Å². The van der Waals surface area contributed by atoms with Gasteiger partial charge in [-0.15, -0.1) is 0 Å². The Labute approximate surface area is 107 Å². The lowest BCUT2D eigenvalue weighted by atomic mass is 10.1. The summed E-state index contributed by atoms with van der Waals surface area (Å²) in [6.45, 7) is 5.04. The van der Waals surface area contributed by atoms with Crippen LogP contribution in [0.25, 0.3) is 0 Å². The fraction of sp³-hybridized carbons (Fsp3) is 0.462. The number of nitrogens with zero attached hydrogens (tertiary/aromatic N) is 2. The Morgan fingerprint density at radius 1 is 1.50 bits per heavy atom. The molecule has 0 aliphatic rings. The van der Waals surface area contributed by atoms with Crippen molar-refractivity contribution < 1.29 is 4.79 Å². The van der Waals surface area contributed by atoms with Gasteiger partial charge in [-0.05, 0) is 25.0 Å². The number of rotatable bonds is 6. The van der Waals surface area contributed by atoms with Crippen LogP contribution in [-0.2, 0) is 4.79 Å². The van der Waals surface area contributed by atoms with Crippen molar-refractivity contribution in [2.45, 2.75) is 26.7 Å². The zero-order valence-electron chi connectivity index (χ0n) is 10.8. The van der Waals surface area contributed by atoms with Crippen LogP contribution in [0, 0.1) is 18.3 Å². The van der Waals surface area contributed by atoms with Gasteiger partial charge in [-0.3, -0.25) is 4.79 Å². The molecule has 1 aromatic heterocycles. The second-order valence-electron chi connectivity index (χ2n) is 3.99. The van der Waals surface area contributed by atoms with Crippen molar-refractivity contribution in [3.63, 3.8) is 0 Å². The highest BCUT2D eigenvalue weighted by molar-refractivity contribution is 5.76. The first-order chi connectivity index (χ1) is 8.69. The Hall–Kier alpha value is -2.09. The monoisotopic (exact) mass is 246 g/mol. The zero-order valence-corrected chi connectivity index (χ0v) is 10.8. The predicted molar refractivity (Wildman–Crippen MR) is 70.1 cm³/mol. The number of aryl methyl sites for hydroxylation is 1. The molecule has 0 fully saturated rings. The smallest absolute Gasteiger partial charge is 0.221 e. The minimum Gasteiger partial charge on any atom is -0.368 e. The van der Waals surface area contributed by atoms with E-state index in [0.717, 1.165) is 12.0 Å². The van der Waals surface area contributed by atoms with E-state index in [-0.39, 0.29) is 5.91 Å². The van der Waals surface area contributed by atoms with Crippen molar-refractivity contribution in [3.8, 4) is 6.07 Å². The van der Waals surface area contributed by atoms with Gasteiger partial charge >= 0.3 is 0 Å². The van der Waals surface area contributed by atoms with Crippen LogP contribution in [0.3, 0.4) is 0 Å². The summed E-state index contributed by atoms with van der Waals surface area (Å²) in [5.41, 5.74) is 1.41. The molecule has 0 saturated carbocycles. The fourth-order valence-electron chi connectivity index (χ4n) is 1.48. The summed E-state index contributed by atoms with van der Waals surface area (Å²) in [4.78, 5) is 15.5. The Bertz CT molecular complexity index is 451. The SMILES string of the molecule is CCCNC(=O)CCNc1nccc(C)c1C#N. The fourth-order valence-corrected chi connectivity index (χ4v) is 1.48. The standard InChI is InChI=1S/C13H18N4O/c1-3-6-15-12(18)5-8-17-13-11(9-14)10(2)4-7-16-13/h4,7H,3,5-6,8H2,1-2H3,(H,15,18)(H,16,17). The van der Waals surface area contributed by atoms with Crippen LogP contribution in [0.2, 0.25) is 0 Å². The molecular weight excluding hydrogens is 228 g/mol. The van der Waals surface area contributed by atoms with Gasteiger partial charge in [0.1, 0.15) is 11.9 Å². The molecule has 0 aromatic carbocycles. The molecular formula is C13H18N4O. The number of aromatic nitrogens is 1. The number of nitrogens with one attached hydrogen (secondary N) is 2. The molecule has 0 aliphatic heterocycles. The van der Waals surface area contributed by atoms with Gasteiger partial charge in [-0.25, -0.2) is 4.98 Å². The largest absolute Gasteiger partial charge is 0.368 e. The van der Waals surface area contributed by atoms with Gasteiger partial charge in [0.2, 0.25) is 5.91 Å². The number of hydrogen-bond acceptors (Lipinski definition) is 4. The lowest BCUT2D eigenvalue weighted by Gasteiger charge is -2.08. The number of nitriles is 1. The average Bonchev–Trinajstić information content (AvgIpc) is 2.36. The maximum absolute atomic E-state index is 11.4. The maximum Gasteiger partial charge on any atom is 0.221 e. The second kappa shape index (κ2) is 7.28. The molecule has 0 saturated heterocycles. The normalized spacial score (nSPS) is 9.61. The van der Waals surface area contributed by atoms with Crippen LogP contribution >= 0.6 is 0 Å². The lowest BCUT2D eigenvalue weighted by Crippen LogP contribution is -2.26. The maximum atomic E-state index is 11.4. The minimum absolute atomic E-state index is 0.00973. The van der Waals surface area contributed by atoms with Crippen LogP contribution in [0.5, 0.6) is 0 Å². The molecule has 1 amide bonds. The molecule has 5 heteroatoms. The van der Waals surface area contributed by atoms with Crippen molar-refractivity contribution in [2.24, 2.45) is 0 Å². The summed E-state index contributed by atoms with van der Waals surface area (Å²) in [5, 5.41) is 14.8. The molecule has 1 aromatic rings. The van der Waals surface area contributed by atoms with Crippen molar-refractivity contribution in [1.82, 2.24) is 10.3 Å². The summed E-state index contributed by atoms with van der Waals surface area (Å²) in [5.74, 6) is 0.552. The molecule has 0 bridgehead atoms. The highest BCUT2D eigenvalue weighted by atomic mass is 16.1. The van der Waals surface area contributed by atoms with Gasteiger partial charge in [0.25, 0.3) is 0 Å². The van der Waals surface area contributed by atoms with E-state index in [0.29, 0.717) is 30.9 Å². The van der Waals surface area contributed by atoms with Crippen molar-refractivity contribution in [1.29, 1.82) is 5.26 Å². The minimum atomic E-state index is 0.00973. The van der Waals surface area contributed by atoms with E-state index in [9.17, 15) is 4.79 Å². The molecule has 18 heavy (non-hydrogen) atoms. The van der Waals surface area contributed by atoms with E-state index in [2.05, 4.69) is 21.7 Å². The zero-order chi connectivity index (χ0) is 13.4. The summed E-state index contributed by atoms with van der Waals surface area (Å²) in [7, 11) is 0. The third-order valence-corrected chi connectivity index (χ3v) is 2.49. The Morgan fingerprint density at radius 2 is 2.28 bits per heavy atom. The summed E-state index contributed by atoms with van der Waals surface area (Å²) < 4.78 is 0. The second-order valence-corrected chi connectivity index (χ2v) is 3.99. The predicted octanol–water partition coefficient (Wildman–Crippen LogP) is 1.59. The summed E-state index contributed by atoms with van der Waals surface area (Å²) >= 11 is 0. The molecule has 5 nitrogen and oxygen atoms in total. The third-order valence-electron chi connectivity index (χ3n) is 2.49. The van der Waals surface area contributed by atoms with E-state index in [4.69, 9.17) is 5.26 Å². The van der Waals surface area contributed by atoms with E-state index >= 15 is 0 Å². The van der Waals surface area contributed by atoms with Gasteiger partial charge in [-0.1, -0.05) is 6.92 Å². The average molecular weight is 246 g/mol. The number of pyridine rings is 1. The van der Waals surface area contributed by atoms with Gasteiger partial charge in [0.15, 0.2) is 0 Å². The highest BCUT2D eigenvalue weighted by Crippen LogP contribution is 2.14. The van der Waals surface area contributed by atoms with E-state index in [1.165, 1.54) is 0 Å². The molecule has 0 atom stereocenters. The molecule has 1 heterocycles. The van der Waals surface area contributed by atoms with Crippen molar-refractivity contribution in [2.75, 3.05) is 18.4 Å². The highest BCUT2D eigenvalue weighted by Gasteiger charge is 2.06. The molecule has 1 rings (SSSR count). The van der Waals surface area contributed by atoms with Crippen LogP contribution < -0.4 is 10.6 Å². The number of hydrogen-bond donors (Lipinski definition) is 2. The van der Waals surface area contributed by atoms with E-state index < -0.39 is 0 Å². The van der Waals surface area contributed by atoms with E-state index in [1.54, 1.807) is 12.3 Å². The number of anilines is 1. The summed E-state index contributed by atoms with van der Waals surface area (Å²) in [6.07, 6.45) is 2.95. The topological polar surface area (TPSA) is 77.8 Å². The Balaban J connectivity index is 2.47. The van der Waals surface area contributed by atoms with Crippen molar-refractivity contribution in [3.05, 3.63) is 23.4 Å². The molecule has 0 spiro atoms. The lowest BCUT2D eigenvalue weighted by molar-refractivity contribution is -0.120. The van der Waals surface area contributed by atoms with Gasteiger partial charge in [0, 0.05) is 25.7 Å². The number of amides is 1. The molecule has 0 aliphatic carbocycles. The first-order valence-electron chi connectivity index (χ1n) is 6.05. The van der Waals surface area contributed by atoms with Crippen LogP contribution in [0.4, 0.5) is 5.82 Å². The Kier molecular flexibility index (Phi) is 5.65. The van der Waals surface area contributed by atoms with Crippen LogP contribution in [0.15, 0.2) is 12.3 Å². The van der Waals surface area contributed by atoms with Gasteiger partial charge < -0.3 is 10.6 Å². The van der Waals surface area contributed by atoms with Gasteiger partial charge in [0.05, 0.1) is 5.56 Å². The molecule has 96 valence electrons. The Morgan fingerprint density at radius 3 is 2.94 bits per heavy atom. The molecule has 2 N–H and O–H groups in total. The third kappa shape index (κ3) is 4.06. The number of carbonyl (C=O) groups is 1. The molecule has 0 radical (unpaired) electrons. The van der Waals surface area contributed by atoms with Crippen molar-refractivity contribution >= 4 is 11.7 Å². The quantitative estimate of drug-likeness (QED) is 0.799. The first-order valence-corrected chi connectivity index (χ1v) is 6.05. The molecule has 0 unspecified atom stereocenters.